The summed E-state index contributed by atoms with van der Waals surface area (Å²) in [7, 11) is 2.99. The highest BCUT2D eigenvalue weighted by molar-refractivity contribution is 7.17. The number of cyclic esters (lactones) is 1. The molecular formula is C26H29FNO2P. The van der Waals surface area contributed by atoms with Crippen molar-refractivity contribution in [1.82, 2.24) is 4.98 Å². The molecule has 5 rings (SSSR count). The van der Waals surface area contributed by atoms with E-state index >= 15 is 0 Å². The van der Waals surface area contributed by atoms with Gasteiger partial charge in [-0.15, -0.1) is 9.24 Å². The lowest BCUT2D eigenvalue weighted by Gasteiger charge is -2.47. The van der Waals surface area contributed by atoms with Gasteiger partial charge in [0.15, 0.2) is 0 Å². The zero-order valence-corrected chi connectivity index (χ0v) is 18.9. The number of nitrogens with zero attached hydrogens (tertiary/aromatic N) is 1. The molecule has 0 amide bonds. The molecule has 1 saturated heterocycles. The summed E-state index contributed by atoms with van der Waals surface area (Å²) < 4.78 is 19.2. The van der Waals surface area contributed by atoms with Crippen molar-refractivity contribution in [3.05, 3.63) is 60.2 Å². The van der Waals surface area contributed by atoms with Crippen LogP contribution in [0.2, 0.25) is 0 Å². The molecule has 0 spiro atoms. The first kappa shape index (κ1) is 20.8. The monoisotopic (exact) mass is 437 g/mol. The number of hydrogen-bond donors (Lipinski definition) is 0. The minimum atomic E-state index is -0.245. The molecule has 2 heterocycles. The third kappa shape index (κ3) is 4.07. The Balaban J connectivity index is 1.39. The Morgan fingerprint density at radius 2 is 2.03 bits per heavy atom. The third-order valence-electron chi connectivity index (χ3n) is 7.62. The van der Waals surface area contributed by atoms with Crippen LogP contribution in [-0.4, -0.2) is 22.7 Å². The summed E-state index contributed by atoms with van der Waals surface area (Å²) in [5.74, 6) is 1.59. The van der Waals surface area contributed by atoms with E-state index in [1.54, 1.807) is 12.3 Å². The van der Waals surface area contributed by atoms with Crippen LogP contribution < -0.4 is 0 Å². The lowest BCUT2D eigenvalue weighted by molar-refractivity contribution is -0.144. The normalized spacial score (nSPS) is 34.9. The van der Waals surface area contributed by atoms with Crippen molar-refractivity contribution < 1.29 is 13.9 Å². The maximum atomic E-state index is 13.5. The highest BCUT2D eigenvalue weighted by atomic mass is 31.0. The van der Waals surface area contributed by atoms with Crippen LogP contribution in [0.15, 0.2) is 48.7 Å². The van der Waals surface area contributed by atoms with Crippen molar-refractivity contribution in [2.24, 2.45) is 29.6 Å². The lowest BCUT2D eigenvalue weighted by atomic mass is 9.57. The minimum absolute atomic E-state index is 0.00204. The van der Waals surface area contributed by atoms with Crippen molar-refractivity contribution in [2.45, 2.75) is 44.4 Å². The van der Waals surface area contributed by atoms with Gasteiger partial charge in [-0.05, 0) is 85.9 Å². The van der Waals surface area contributed by atoms with Gasteiger partial charge in [0.2, 0.25) is 0 Å². The molecule has 1 aliphatic heterocycles. The highest BCUT2D eigenvalue weighted by Gasteiger charge is 2.54. The molecule has 1 aromatic carbocycles. The quantitative estimate of drug-likeness (QED) is 0.453. The van der Waals surface area contributed by atoms with Gasteiger partial charge in [0.1, 0.15) is 11.9 Å². The van der Waals surface area contributed by atoms with Crippen molar-refractivity contribution in [1.29, 1.82) is 0 Å². The molecule has 1 unspecified atom stereocenters. The fraction of sp³-hybridized carbons (Fsp3) is 0.462. The Labute approximate surface area is 185 Å². The second-order valence-electron chi connectivity index (χ2n) is 9.48. The number of fused-ring (bicyclic) bond motifs is 2. The lowest BCUT2D eigenvalue weighted by Crippen LogP contribution is -2.44. The first-order chi connectivity index (χ1) is 15.0. The van der Waals surface area contributed by atoms with Crippen LogP contribution >= 0.6 is 9.24 Å². The molecule has 2 aliphatic carbocycles. The largest absolute Gasteiger partial charge is 0.462 e. The van der Waals surface area contributed by atoms with Gasteiger partial charge < -0.3 is 4.74 Å². The number of aromatic nitrogens is 1. The predicted molar refractivity (Wildman–Crippen MR) is 124 cm³/mol. The Morgan fingerprint density at radius 3 is 2.81 bits per heavy atom. The summed E-state index contributed by atoms with van der Waals surface area (Å²) >= 11 is 0. The Kier molecular flexibility index (Phi) is 5.69. The number of ether oxygens (including phenoxy) is 1. The molecule has 162 valence electrons. The van der Waals surface area contributed by atoms with Crippen molar-refractivity contribution in [2.75, 3.05) is 0 Å². The fourth-order valence-corrected chi connectivity index (χ4v) is 6.75. The van der Waals surface area contributed by atoms with E-state index in [2.05, 4.69) is 33.3 Å². The first-order valence-electron chi connectivity index (χ1n) is 11.4. The minimum Gasteiger partial charge on any atom is -0.462 e. The van der Waals surface area contributed by atoms with Crippen LogP contribution in [-0.2, 0) is 9.53 Å². The van der Waals surface area contributed by atoms with E-state index in [-0.39, 0.29) is 29.7 Å². The van der Waals surface area contributed by atoms with Crippen molar-refractivity contribution in [3.63, 3.8) is 0 Å². The summed E-state index contributed by atoms with van der Waals surface area (Å²) in [5.41, 5.74) is 3.27. The summed E-state index contributed by atoms with van der Waals surface area (Å²) in [5, 5.41) is 0. The van der Waals surface area contributed by atoms with Crippen LogP contribution in [0.4, 0.5) is 4.39 Å². The Bertz CT molecular complexity index is 991. The number of hydrogen-bond acceptors (Lipinski definition) is 3. The molecule has 3 aliphatic rings. The van der Waals surface area contributed by atoms with Gasteiger partial charge in [0.25, 0.3) is 0 Å². The second kappa shape index (κ2) is 8.47. The van der Waals surface area contributed by atoms with Gasteiger partial charge >= 0.3 is 5.97 Å². The van der Waals surface area contributed by atoms with Crippen LogP contribution in [0.3, 0.4) is 0 Å². The van der Waals surface area contributed by atoms with Gasteiger partial charge in [0.05, 0.1) is 11.6 Å². The summed E-state index contributed by atoms with van der Waals surface area (Å²) in [6, 6.07) is 10.5. The summed E-state index contributed by atoms with van der Waals surface area (Å²) in [6.07, 6.45) is 10.8. The number of esters is 1. The van der Waals surface area contributed by atoms with E-state index in [9.17, 15) is 9.18 Å². The van der Waals surface area contributed by atoms with Crippen molar-refractivity contribution >= 4 is 21.3 Å². The van der Waals surface area contributed by atoms with Crippen LogP contribution in [0.1, 0.15) is 38.3 Å². The number of pyridine rings is 1. The molecule has 0 bridgehead atoms. The number of carbonyl (C=O) groups is 1. The number of halogens is 1. The molecule has 3 fully saturated rings. The van der Waals surface area contributed by atoms with E-state index in [0.29, 0.717) is 23.4 Å². The van der Waals surface area contributed by atoms with Gasteiger partial charge in [-0.1, -0.05) is 24.3 Å². The van der Waals surface area contributed by atoms with E-state index in [1.807, 2.05) is 18.2 Å². The Hall–Kier alpha value is -2.06. The molecule has 31 heavy (non-hydrogen) atoms. The third-order valence-corrected chi connectivity index (χ3v) is 8.23. The summed E-state index contributed by atoms with van der Waals surface area (Å²) in [4.78, 5) is 17.1. The molecule has 5 heteroatoms. The maximum Gasteiger partial charge on any atom is 0.309 e. The molecule has 2 aromatic rings. The van der Waals surface area contributed by atoms with Gasteiger partial charge in [-0.2, -0.15) is 0 Å². The molecule has 3 nitrogen and oxygen atoms in total. The standard InChI is InChI=1S/C26H29FNO2P/c1-15-25-23(22-10-8-21(31)12-18(22)13-24(25)26(29)30-15)9-7-20-6-5-17(14-28-20)16-3-2-4-19(27)11-16/h2-7,9,11,14-15,18,21-25H,8,10,12-13,31H2,1H3/b9-7+/t15-,18+,21-,22-,23+,24-,25+/m1/s1. The predicted octanol–water partition coefficient (Wildman–Crippen LogP) is 5.76. The zero-order chi connectivity index (χ0) is 21.5. The fourth-order valence-electron chi connectivity index (χ4n) is 6.20. The number of allylic oxidation sites excluding steroid dienone is 1. The first-order valence-corrected chi connectivity index (χ1v) is 12.0. The summed E-state index contributed by atoms with van der Waals surface area (Å²) in [6.45, 7) is 2.05. The molecule has 2 saturated carbocycles. The molecule has 8 atom stereocenters. The molecule has 0 radical (unpaired) electrons. The average molecular weight is 437 g/mol. The van der Waals surface area contributed by atoms with E-state index in [1.165, 1.54) is 31.4 Å². The smallest absolute Gasteiger partial charge is 0.309 e. The van der Waals surface area contributed by atoms with Crippen molar-refractivity contribution in [3.8, 4) is 11.1 Å². The SMILES string of the molecule is C[C@H]1OC(=O)[C@@H]2C[C@@H]3C[C@H](P)CC[C@H]3[C@H](/C=C/c3ccc(-c4cccc(F)c4)cn3)[C@H]12. The molecule has 0 N–H and O–H groups in total. The topological polar surface area (TPSA) is 39.2 Å². The van der Waals surface area contributed by atoms with Crippen LogP contribution in [0.5, 0.6) is 0 Å². The van der Waals surface area contributed by atoms with Crippen LogP contribution in [0.25, 0.3) is 17.2 Å². The second-order valence-corrected chi connectivity index (χ2v) is 10.4. The maximum absolute atomic E-state index is 13.5. The molecular weight excluding hydrogens is 408 g/mol. The van der Waals surface area contributed by atoms with Gasteiger partial charge in [-0.3, -0.25) is 9.78 Å². The van der Waals surface area contributed by atoms with Crippen LogP contribution in [0, 0.1) is 35.4 Å². The van der Waals surface area contributed by atoms with E-state index in [0.717, 1.165) is 23.2 Å². The average Bonchev–Trinajstić information content (AvgIpc) is 3.04. The van der Waals surface area contributed by atoms with Gasteiger partial charge in [0, 0.05) is 17.7 Å². The number of carbonyl (C=O) groups excluding carboxylic acids is 1. The number of rotatable bonds is 3. The number of benzene rings is 1. The Morgan fingerprint density at radius 1 is 1.16 bits per heavy atom. The van der Waals surface area contributed by atoms with Gasteiger partial charge in [-0.25, -0.2) is 4.39 Å². The molecule has 1 aromatic heterocycles. The van der Waals surface area contributed by atoms with E-state index in [4.69, 9.17) is 4.74 Å². The van der Waals surface area contributed by atoms with E-state index < -0.39 is 0 Å². The zero-order valence-electron chi connectivity index (χ0n) is 17.8. The highest BCUT2D eigenvalue weighted by Crippen LogP contribution is 2.54.